The number of amides is 1. The lowest BCUT2D eigenvalue weighted by atomic mass is 9.99. The standard InChI is InChI=1S/C22H29NO4/c24-20(17-18-9-4-3-5-10-18)15-14-19-11-8-12-21(25)23(19)16-7-2-1-6-13-22(26)27/h3-5,9-10,14-15,19H,1-2,6-8,11-13,16-17H2,(H,26,27)/b15-14+. The Hall–Kier alpha value is -2.43. The zero-order chi connectivity index (χ0) is 19.5. The van der Waals surface area contributed by atoms with Crippen molar-refractivity contribution in [2.45, 2.75) is 63.8 Å². The largest absolute Gasteiger partial charge is 0.481 e. The van der Waals surface area contributed by atoms with Crippen molar-refractivity contribution in [2.75, 3.05) is 6.54 Å². The molecule has 27 heavy (non-hydrogen) atoms. The Morgan fingerprint density at radius 2 is 1.85 bits per heavy atom. The van der Waals surface area contributed by atoms with E-state index in [-0.39, 0.29) is 24.2 Å². The van der Waals surface area contributed by atoms with Crippen LogP contribution in [0.15, 0.2) is 42.5 Å². The lowest BCUT2D eigenvalue weighted by molar-refractivity contribution is -0.137. The first-order valence-corrected chi connectivity index (χ1v) is 9.82. The topological polar surface area (TPSA) is 74.7 Å². The monoisotopic (exact) mass is 371 g/mol. The molecule has 1 aromatic carbocycles. The molecule has 1 fully saturated rings. The van der Waals surface area contributed by atoms with E-state index < -0.39 is 5.97 Å². The minimum absolute atomic E-state index is 0.00927. The molecule has 1 aliphatic rings. The van der Waals surface area contributed by atoms with E-state index >= 15 is 0 Å². The Morgan fingerprint density at radius 1 is 1.11 bits per heavy atom. The second kappa shape index (κ2) is 11.3. The van der Waals surface area contributed by atoms with Crippen molar-refractivity contribution in [1.29, 1.82) is 0 Å². The van der Waals surface area contributed by atoms with Gasteiger partial charge in [0.2, 0.25) is 5.91 Å². The molecular formula is C22H29NO4. The van der Waals surface area contributed by atoms with Crippen LogP contribution in [-0.4, -0.2) is 40.3 Å². The van der Waals surface area contributed by atoms with Crippen molar-refractivity contribution in [3.63, 3.8) is 0 Å². The van der Waals surface area contributed by atoms with Crippen LogP contribution in [0.3, 0.4) is 0 Å². The maximum absolute atomic E-state index is 12.3. The smallest absolute Gasteiger partial charge is 0.303 e. The van der Waals surface area contributed by atoms with Gasteiger partial charge in [0.25, 0.3) is 0 Å². The number of hydrogen-bond acceptors (Lipinski definition) is 3. The van der Waals surface area contributed by atoms with Gasteiger partial charge in [-0.25, -0.2) is 0 Å². The molecule has 0 radical (unpaired) electrons. The van der Waals surface area contributed by atoms with Gasteiger partial charge in [-0.3, -0.25) is 14.4 Å². The first-order chi connectivity index (χ1) is 13.1. The molecule has 1 unspecified atom stereocenters. The van der Waals surface area contributed by atoms with Gasteiger partial charge < -0.3 is 10.0 Å². The van der Waals surface area contributed by atoms with E-state index in [1.54, 1.807) is 6.08 Å². The number of piperidine rings is 1. The Morgan fingerprint density at radius 3 is 2.59 bits per heavy atom. The number of allylic oxidation sites excluding steroid dienone is 1. The maximum atomic E-state index is 12.3. The number of nitrogens with zero attached hydrogens (tertiary/aromatic N) is 1. The van der Waals surface area contributed by atoms with E-state index in [2.05, 4.69) is 0 Å². The number of likely N-dealkylation sites (tertiary alicyclic amines) is 1. The van der Waals surface area contributed by atoms with Crippen LogP contribution in [0, 0.1) is 0 Å². The summed E-state index contributed by atoms with van der Waals surface area (Å²) in [5.74, 6) is -0.559. The van der Waals surface area contributed by atoms with Crippen LogP contribution in [0.2, 0.25) is 0 Å². The van der Waals surface area contributed by atoms with Gasteiger partial charge in [0.1, 0.15) is 0 Å². The quantitative estimate of drug-likeness (QED) is 0.475. The lowest BCUT2D eigenvalue weighted by Gasteiger charge is -2.34. The molecule has 1 atom stereocenters. The van der Waals surface area contributed by atoms with E-state index in [9.17, 15) is 14.4 Å². The highest BCUT2D eigenvalue weighted by molar-refractivity contribution is 5.91. The van der Waals surface area contributed by atoms with Crippen molar-refractivity contribution >= 4 is 17.7 Å². The van der Waals surface area contributed by atoms with Crippen molar-refractivity contribution in [1.82, 2.24) is 4.90 Å². The van der Waals surface area contributed by atoms with Crippen LogP contribution < -0.4 is 0 Å². The van der Waals surface area contributed by atoms with Crippen molar-refractivity contribution in [2.24, 2.45) is 0 Å². The van der Waals surface area contributed by atoms with Crippen LogP contribution in [0.1, 0.15) is 56.9 Å². The highest BCUT2D eigenvalue weighted by Crippen LogP contribution is 2.20. The van der Waals surface area contributed by atoms with Gasteiger partial charge in [0, 0.05) is 25.8 Å². The molecule has 0 spiro atoms. The molecule has 5 nitrogen and oxygen atoms in total. The summed E-state index contributed by atoms with van der Waals surface area (Å²) < 4.78 is 0. The van der Waals surface area contributed by atoms with E-state index in [1.165, 1.54) is 0 Å². The molecule has 1 aromatic rings. The summed E-state index contributed by atoms with van der Waals surface area (Å²) in [6.07, 6.45) is 9.73. The van der Waals surface area contributed by atoms with Crippen LogP contribution >= 0.6 is 0 Å². The van der Waals surface area contributed by atoms with E-state index in [0.717, 1.165) is 37.7 Å². The average Bonchev–Trinajstić information content (AvgIpc) is 2.65. The van der Waals surface area contributed by atoms with E-state index in [4.69, 9.17) is 5.11 Å². The number of unbranched alkanes of at least 4 members (excludes halogenated alkanes) is 3. The number of aliphatic carboxylic acids is 1. The predicted molar refractivity (Wildman–Crippen MR) is 104 cm³/mol. The summed E-state index contributed by atoms with van der Waals surface area (Å²) in [7, 11) is 0. The molecule has 1 saturated heterocycles. The zero-order valence-corrected chi connectivity index (χ0v) is 15.8. The average molecular weight is 371 g/mol. The fraction of sp³-hybridized carbons (Fsp3) is 0.500. The van der Waals surface area contributed by atoms with Gasteiger partial charge in [-0.05, 0) is 37.3 Å². The number of carboxylic acid groups (broad SMARTS) is 1. The number of carbonyl (C=O) groups is 3. The molecule has 0 aromatic heterocycles. The fourth-order valence-electron chi connectivity index (χ4n) is 3.42. The first kappa shape index (κ1) is 20.9. The molecule has 5 heteroatoms. The fourth-order valence-corrected chi connectivity index (χ4v) is 3.42. The minimum Gasteiger partial charge on any atom is -0.481 e. The summed E-state index contributed by atoms with van der Waals surface area (Å²) in [6, 6.07) is 9.63. The SMILES string of the molecule is O=C(O)CCCCCCN1C(=O)CCCC1/C=C/C(=O)Cc1ccccc1. The highest BCUT2D eigenvalue weighted by Gasteiger charge is 2.25. The molecule has 0 bridgehead atoms. The van der Waals surface area contributed by atoms with E-state index in [1.807, 2.05) is 41.3 Å². The zero-order valence-electron chi connectivity index (χ0n) is 15.8. The Balaban J connectivity index is 1.80. The minimum atomic E-state index is -0.758. The van der Waals surface area contributed by atoms with Gasteiger partial charge in [-0.15, -0.1) is 0 Å². The van der Waals surface area contributed by atoms with Crippen LogP contribution in [0.4, 0.5) is 0 Å². The Kier molecular flexibility index (Phi) is 8.75. The Labute approximate surface area is 161 Å². The molecule has 1 heterocycles. The molecule has 2 rings (SSSR count). The molecule has 146 valence electrons. The molecule has 1 N–H and O–H groups in total. The second-order valence-corrected chi connectivity index (χ2v) is 7.09. The van der Waals surface area contributed by atoms with Crippen molar-refractivity contribution in [3.05, 3.63) is 48.0 Å². The molecule has 0 aliphatic carbocycles. The van der Waals surface area contributed by atoms with Gasteiger partial charge in [0.15, 0.2) is 5.78 Å². The van der Waals surface area contributed by atoms with E-state index in [0.29, 0.717) is 25.8 Å². The van der Waals surface area contributed by atoms with Crippen LogP contribution in [0.5, 0.6) is 0 Å². The number of carboxylic acids is 1. The van der Waals surface area contributed by atoms with Gasteiger partial charge >= 0.3 is 5.97 Å². The summed E-state index contributed by atoms with van der Waals surface area (Å²) >= 11 is 0. The highest BCUT2D eigenvalue weighted by atomic mass is 16.4. The third-order valence-electron chi connectivity index (χ3n) is 4.88. The normalized spacial score (nSPS) is 17.4. The third-order valence-corrected chi connectivity index (χ3v) is 4.88. The summed E-state index contributed by atoms with van der Waals surface area (Å²) in [6.45, 7) is 0.674. The first-order valence-electron chi connectivity index (χ1n) is 9.82. The maximum Gasteiger partial charge on any atom is 0.303 e. The molecule has 1 amide bonds. The van der Waals surface area contributed by atoms with Crippen LogP contribution in [0.25, 0.3) is 0 Å². The van der Waals surface area contributed by atoms with Gasteiger partial charge in [-0.1, -0.05) is 49.2 Å². The number of rotatable bonds is 11. The molecular weight excluding hydrogens is 342 g/mol. The number of hydrogen-bond donors (Lipinski definition) is 1. The molecule has 1 aliphatic heterocycles. The Bertz CT molecular complexity index is 654. The van der Waals surface area contributed by atoms with Crippen LogP contribution in [-0.2, 0) is 20.8 Å². The summed E-state index contributed by atoms with van der Waals surface area (Å²) in [5, 5.41) is 8.65. The van der Waals surface area contributed by atoms with Crippen molar-refractivity contribution < 1.29 is 19.5 Å². The van der Waals surface area contributed by atoms with Gasteiger partial charge in [0.05, 0.1) is 6.04 Å². The number of ketones is 1. The van der Waals surface area contributed by atoms with Gasteiger partial charge in [-0.2, -0.15) is 0 Å². The number of benzene rings is 1. The number of carbonyl (C=O) groups excluding carboxylic acids is 2. The molecule has 0 saturated carbocycles. The predicted octanol–water partition coefficient (Wildman–Crippen LogP) is 3.77. The lowest BCUT2D eigenvalue weighted by Crippen LogP contribution is -2.43. The summed E-state index contributed by atoms with van der Waals surface area (Å²) in [5.41, 5.74) is 0.991. The summed E-state index contributed by atoms with van der Waals surface area (Å²) in [4.78, 5) is 36.9. The van der Waals surface area contributed by atoms with Crippen molar-refractivity contribution in [3.8, 4) is 0 Å². The second-order valence-electron chi connectivity index (χ2n) is 7.09. The third kappa shape index (κ3) is 7.77.